The highest BCUT2D eigenvalue weighted by atomic mass is 35.5. The second-order valence-corrected chi connectivity index (χ2v) is 5.69. The van der Waals surface area contributed by atoms with Crippen molar-refractivity contribution in [3.05, 3.63) is 28.5 Å². The smallest absolute Gasteiger partial charge is 0.407 e. The summed E-state index contributed by atoms with van der Waals surface area (Å²) in [5, 5.41) is 3.03. The van der Waals surface area contributed by atoms with Gasteiger partial charge in [0.15, 0.2) is 0 Å². The van der Waals surface area contributed by atoms with E-state index in [-0.39, 0.29) is 0 Å². The van der Waals surface area contributed by atoms with E-state index < -0.39 is 11.7 Å². The lowest BCUT2D eigenvalue weighted by Crippen LogP contribution is -2.32. The molecule has 0 aliphatic rings. The first-order valence-electron chi connectivity index (χ1n) is 6.36. The average Bonchev–Trinajstić information content (AvgIpc) is 2.30. The van der Waals surface area contributed by atoms with Gasteiger partial charge in [-0.1, -0.05) is 23.4 Å². The van der Waals surface area contributed by atoms with Crippen molar-refractivity contribution in [2.24, 2.45) is 0 Å². The third kappa shape index (κ3) is 6.44. The number of alkyl carbamates (subject to hydrolysis) is 1. The SMILES string of the molecule is Cc1cnc(Cl)c(C#CCCNC(=O)OC(C)(C)C)c1. The molecule has 1 aromatic heterocycles. The van der Waals surface area contributed by atoms with Crippen molar-refractivity contribution < 1.29 is 9.53 Å². The van der Waals surface area contributed by atoms with Crippen LogP contribution >= 0.6 is 11.6 Å². The molecule has 0 aromatic carbocycles. The second-order valence-electron chi connectivity index (χ2n) is 5.33. The summed E-state index contributed by atoms with van der Waals surface area (Å²) >= 11 is 5.93. The lowest BCUT2D eigenvalue weighted by atomic mass is 10.2. The standard InChI is InChI=1S/C15H19ClN2O2/c1-11-9-12(13(16)18-10-11)7-5-6-8-17-14(19)20-15(2,3)4/h9-10H,6,8H2,1-4H3,(H,17,19). The summed E-state index contributed by atoms with van der Waals surface area (Å²) < 4.78 is 5.11. The summed E-state index contributed by atoms with van der Waals surface area (Å²) in [6.07, 6.45) is 1.77. The lowest BCUT2D eigenvalue weighted by molar-refractivity contribution is 0.0529. The fourth-order valence-electron chi connectivity index (χ4n) is 1.34. The third-order valence-corrected chi connectivity index (χ3v) is 2.42. The minimum Gasteiger partial charge on any atom is -0.444 e. The number of amides is 1. The molecule has 1 N–H and O–H groups in total. The molecule has 0 unspecified atom stereocenters. The molecule has 0 spiro atoms. The summed E-state index contributed by atoms with van der Waals surface area (Å²) in [5.74, 6) is 5.88. The van der Waals surface area contributed by atoms with Crippen LogP contribution in [0.4, 0.5) is 4.79 Å². The highest BCUT2D eigenvalue weighted by Crippen LogP contribution is 2.12. The molecule has 0 saturated heterocycles. The number of halogens is 1. The number of hydrogen-bond donors (Lipinski definition) is 1. The molecule has 0 radical (unpaired) electrons. The van der Waals surface area contributed by atoms with E-state index in [0.29, 0.717) is 23.7 Å². The zero-order valence-corrected chi connectivity index (χ0v) is 13.0. The number of pyridine rings is 1. The largest absolute Gasteiger partial charge is 0.444 e. The van der Waals surface area contributed by atoms with Crippen molar-refractivity contribution >= 4 is 17.7 Å². The van der Waals surface area contributed by atoms with Gasteiger partial charge in [-0.2, -0.15) is 0 Å². The Kier molecular flexibility index (Phi) is 5.84. The molecule has 0 bridgehead atoms. The Labute approximate surface area is 124 Å². The van der Waals surface area contributed by atoms with Crippen molar-refractivity contribution in [2.75, 3.05) is 6.54 Å². The first-order valence-corrected chi connectivity index (χ1v) is 6.73. The maximum absolute atomic E-state index is 11.4. The van der Waals surface area contributed by atoms with E-state index in [9.17, 15) is 4.79 Å². The van der Waals surface area contributed by atoms with Gasteiger partial charge < -0.3 is 10.1 Å². The quantitative estimate of drug-likeness (QED) is 0.517. The number of carbonyl (C=O) groups is 1. The van der Waals surface area contributed by atoms with E-state index in [1.165, 1.54) is 0 Å². The van der Waals surface area contributed by atoms with E-state index in [2.05, 4.69) is 22.1 Å². The monoisotopic (exact) mass is 294 g/mol. The molecule has 1 rings (SSSR count). The molecule has 0 aliphatic carbocycles. The molecule has 0 aliphatic heterocycles. The number of aryl methyl sites for hydroxylation is 1. The Morgan fingerprint density at radius 3 is 2.85 bits per heavy atom. The van der Waals surface area contributed by atoms with Crippen LogP contribution in [0.3, 0.4) is 0 Å². The summed E-state index contributed by atoms with van der Waals surface area (Å²) in [6.45, 7) is 7.81. The highest BCUT2D eigenvalue weighted by molar-refractivity contribution is 6.30. The minimum absolute atomic E-state index is 0.392. The summed E-state index contributed by atoms with van der Waals surface area (Å²) in [6, 6.07) is 1.88. The summed E-state index contributed by atoms with van der Waals surface area (Å²) in [4.78, 5) is 15.4. The first kappa shape index (κ1) is 16.3. The maximum Gasteiger partial charge on any atom is 0.407 e. The third-order valence-electron chi connectivity index (χ3n) is 2.12. The van der Waals surface area contributed by atoms with Crippen LogP contribution in [-0.2, 0) is 4.74 Å². The van der Waals surface area contributed by atoms with Gasteiger partial charge in [0, 0.05) is 19.2 Å². The van der Waals surface area contributed by atoms with Gasteiger partial charge >= 0.3 is 6.09 Å². The van der Waals surface area contributed by atoms with Gasteiger partial charge in [-0.05, 0) is 39.3 Å². The fraction of sp³-hybridized carbons (Fsp3) is 0.467. The van der Waals surface area contributed by atoms with E-state index in [0.717, 1.165) is 5.56 Å². The van der Waals surface area contributed by atoms with Crippen molar-refractivity contribution in [3.8, 4) is 11.8 Å². The number of carbonyl (C=O) groups excluding carboxylic acids is 1. The van der Waals surface area contributed by atoms with Gasteiger partial charge in [0.25, 0.3) is 0 Å². The van der Waals surface area contributed by atoms with Crippen molar-refractivity contribution in [1.82, 2.24) is 10.3 Å². The number of hydrogen-bond acceptors (Lipinski definition) is 3. The molecule has 108 valence electrons. The molecule has 0 atom stereocenters. The summed E-state index contributed by atoms with van der Waals surface area (Å²) in [7, 11) is 0. The van der Waals surface area contributed by atoms with Crippen LogP contribution in [0.15, 0.2) is 12.3 Å². The maximum atomic E-state index is 11.4. The Bertz CT molecular complexity index is 539. The first-order chi connectivity index (χ1) is 9.28. The molecule has 1 aromatic rings. The predicted molar refractivity (Wildman–Crippen MR) is 79.7 cm³/mol. The van der Waals surface area contributed by atoms with Gasteiger partial charge in [0.2, 0.25) is 0 Å². The fourth-order valence-corrected chi connectivity index (χ4v) is 1.49. The number of nitrogens with one attached hydrogen (secondary N) is 1. The Balaban J connectivity index is 2.40. The van der Waals surface area contributed by atoms with Gasteiger partial charge in [0.1, 0.15) is 10.8 Å². The van der Waals surface area contributed by atoms with E-state index in [4.69, 9.17) is 16.3 Å². The molecular weight excluding hydrogens is 276 g/mol. The number of aromatic nitrogens is 1. The predicted octanol–water partition coefficient (Wildman–Crippen LogP) is 3.31. The van der Waals surface area contributed by atoms with Crippen molar-refractivity contribution in [3.63, 3.8) is 0 Å². The molecule has 4 nitrogen and oxygen atoms in total. The van der Waals surface area contributed by atoms with Crippen LogP contribution in [-0.4, -0.2) is 23.2 Å². The Hall–Kier alpha value is -1.73. The Morgan fingerprint density at radius 1 is 1.50 bits per heavy atom. The van der Waals surface area contributed by atoms with Crippen LogP contribution in [0, 0.1) is 18.8 Å². The topological polar surface area (TPSA) is 51.2 Å². The van der Waals surface area contributed by atoms with Crippen LogP contribution in [0.1, 0.15) is 38.3 Å². The van der Waals surface area contributed by atoms with Gasteiger partial charge in [-0.25, -0.2) is 9.78 Å². The highest BCUT2D eigenvalue weighted by Gasteiger charge is 2.15. The van der Waals surface area contributed by atoms with Gasteiger partial charge in [-0.15, -0.1) is 0 Å². The molecule has 1 amide bonds. The van der Waals surface area contributed by atoms with Crippen LogP contribution in [0.25, 0.3) is 0 Å². The molecule has 0 fully saturated rings. The average molecular weight is 295 g/mol. The minimum atomic E-state index is -0.490. The normalized spacial score (nSPS) is 10.4. The number of nitrogens with zero attached hydrogens (tertiary/aromatic N) is 1. The zero-order valence-electron chi connectivity index (χ0n) is 12.2. The summed E-state index contributed by atoms with van der Waals surface area (Å²) in [5.41, 5.74) is 1.21. The van der Waals surface area contributed by atoms with Gasteiger partial charge in [-0.3, -0.25) is 0 Å². The van der Waals surface area contributed by atoms with E-state index >= 15 is 0 Å². The van der Waals surface area contributed by atoms with Gasteiger partial charge in [0.05, 0.1) is 5.56 Å². The van der Waals surface area contributed by atoms with Crippen LogP contribution in [0.2, 0.25) is 5.15 Å². The lowest BCUT2D eigenvalue weighted by Gasteiger charge is -2.19. The van der Waals surface area contributed by atoms with Crippen LogP contribution < -0.4 is 5.32 Å². The van der Waals surface area contributed by atoms with E-state index in [1.54, 1.807) is 6.20 Å². The zero-order chi connectivity index (χ0) is 15.2. The molecule has 20 heavy (non-hydrogen) atoms. The Morgan fingerprint density at radius 2 is 2.20 bits per heavy atom. The van der Waals surface area contributed by atoms with E-state index in [1.807, 2.05) is 33.8 Å². The van der Waals surface area contributed by atoms with Crippen molar-refractivity contribution in [1.29, 1.82) is 0 Å². The molecular formula is C15H19ClN2O2. The van der Waals surface area contributed by atoms with Crippen molar-refractivity contribution in [2.45, 2.75) is 39.7 Å². The molecule has 5 heteroatoms. The second kappa shape index (κ2) is 7.16. The van der Waals surface area contributed by atoms with Crippen LogP contribution in [0.5, 0.6) is 0 Å². The number of rotatable bonds is 2. The molecule has 0 saturated carbocycles. The molecule has 1 heterocycles. The number of ether oxygens (including phenoxy) is 1.